The summed E-state index contributed by atoms with van der Waals surface area (Å²) in [6.07, 6.45) is 1.90. The summed E-state index contributed by atoms with van der Waals surface area (Å²) >= 11 is 0. The largest absolute Gasteiger partial charge is 0.469 e. The summed E-state index contributed by atoms with van der Waals surface area (Å²) in [6, 6.07) is 17.4. The van der Waals surface area contributed by atoms with Crippen LogP contribution in [0.25, 0.3) is 22.4 Å². The van der Waals surface area contributed by atoms with E-state index in [1.165, 1.54) is 11.7 Å². The van der Waals surface area contributed by atoms with Crippen LogP contribution >= 0.6 is 0 Å². The molecule has 6 nitrogen and oxygen atoms in total. The molecule has 136 valence electrons. The Balaban J connectivity index is 1.85. The predicted octanol–water partition coefficient (Wildman–Crippen LogP) is 2.96. The summed E-state index contributed by atoms with van der Waals surface area (Å²) in [4.78, 5) is 23.7. The molecule has 0 aliphatic carbocycles. The Morgan fingerprint density at radius 1 is 1.04 bits per heavy atom. The molecule has 3 rings (SSSR count). The Hall–Kier alpha value is -3.59. The smallest absolute Gasteiger partial charge is 0.328 e. The van der Waals surface area contributed by atoms with E-state index in [-0.39, 0.29) is 24.6 Å². The number of nitrogens with zero attached hydrogens (tertiary/aromatic N) is 3. The van der Waals surface area contributed by atoms with E-state index in [0.717, 1.165) is 22.4 Å². The van der Waals surface area contributed by atoms with Gasteiger partial charge in [-0.25, -0.2) is 4.79 Å². The highest BCUT2D eigenvalue weighted by molar-refractivity contribution is 5.70. The molecular weight excluding hydrogens is 342 g/mol. The number of hydrogen-bond donors (Lipinski definition) is 0. The van der Waals surface area contributed by atoms with E-state index < -0.39 is 0 Å². The number of aromatic nitrogens is 2. The summed E-state index contributed by atoms with van der Waals surface area (Å²) in [7, 11) is 3.04. The number of hydrogen-bond acceptors (Lipinski definition) is 4. The fourth-order valence-corrected chi connectivity index (χ4v) is 2.90. The third kappa shape index (κ3) is 3.82. The molecule has 0 saturated heterocycles. The van der Waals surface area contributed by atoms with Crippen LogP contribution < -0.4 is 5.69 Å². The molecule has 1 aromatic heterocycles. The van der Waals surface area contributed by atoms with Gasteiger partial charge in [-0.2, -0.15) is 5.26 Å². The van der Waals surface area contributed by atoms with Crippen molar-refractivity contribution < 1.29 is 9.53 Å². The molecule has 1 heterocycles. The highest BCUT2D eigenvalue weighted by Gasteiger charge is 2.11. The zero-order valence-electron chi connectivity index (χ0n) is 15.2. The van der Waals surface area contributed by atoms with Gasteiger partial charge in [-0.3, -0.25) is 13.9 Å². The maximum atomic E-state index is 12.4. The molecule has 0 N–H and O–H groups in total. The van der Waals surface area contributed by atoms with Crippen LogP contribution in [0.4, 0.5) is 0 Å². The van der Waals surface area contributed by atoms with Crippen LogP contribution in [0.5, 0.6) is 0 Å². The third-order valence-corrected chi connectivity index (χ3v) is 4.48. The molecule has 27 heavy (non-hydrogen) atoms. The Labute approximate surface area is 156 Å². The van der Waals surface area contributed by atoms with E-state index in [1.807, 2.05) is 36.4 Å². The van der Waals surface area contributed by atoms with Crippen molar-refractivity contribution in [2.45, 2.75) is 13.0 Å². The van der Waals surface area contributed by atoms with Crippen LogP contribution in [0.2, 0.25) is 0 Å². The lowest BCUT2D eigenvalue weighted by Crippen LogP contribution is -2.23. The van der Waals surface area contributed by atoms with Crippen molar-refractivity contribution in [3.8, 4) is 28.5 Å². The number of esters is 1. The zero-order valence-corrected chi connectivity index (χ0v) is 15.2. The van der Waals surface area contributed by atoms with Crippen LogP contribution in [0.3, 0.4) is 0 Å². The molecule has 0 aliphatic rings. The Kier molecular flexibility index (Phi) is 5.23. The van der Waals surface area contributed by atoms with Crippen molar-refractivity contribution >= 4 is 5.97 Å². The maximum absolute atomic E-state index is 12.4. The van der Waals surface area contributed by atoms with Crippen LogP contribution in [0.15, 0.2) is 59.5 Å². The summed E-state index contributed by atoms with van der Waals surface area (Å²) in [5, 5.41) is 8.89. The average Bonchev–Trinajstić information content (AvgIpc) is 3.00. The topological polar surface area (TPSA) is 77.0 Å². The standard InChI is InChI=1S/C21H19N3O3/c1-23-19(14-24(21(23)26)12-11-20(25)27-2)18-9-7-17(8-10-18)16-5-3-15(13-22)4-6-16/h3-10,14H,11-12H2,1-2H3. The van der Waals surface area contributed by atoms with E-state index in [4.69, 9.17) is 5.26 Å². The quantitative estimate of drug-likeness (QED) is 0.655. The summed E-state index contributed by atoms with van der Waals surface area (Å²) in [5.74, 6) is -0.348. The van der Waals surface area contributed by atoms with Gasteiger partial charge in [0.25, 0.3) is 0 Å². The lowest BCUT2D eigenvalue weighted by Gasteiger charge is -2.05. The molecule has 0 radical (unpaired) electrons. The first-order valence-corrected chi connectivity index (χ1v) is 8.47. The number of carbonyl (C=O) groups excluding carboxylic acids is 1. The number of nitriles is 1. The van der Waals surface area contributed by atoms with Gasteiger partial charge in [0, 0.05) is 19.8 Å². The summed E-state index contributed by atoms with van der Waals surface area (Å²) in [5.41, 5.74) is 4.17. The average molecular weight is 361 g/mol. The number of imidazole rings is 1. The van der Waals surface area contributed by atoms with Gasteiger partial charge < -0.3 is 4.74 Å². The predicted molar refractivity (Wildman–Crippen MR) is 102 cm³/mol. The number of benzene rings is 2. The highest BCUT2D eigenvalue weighted by atomic mass is 16.5. The minimum Gasteiger partial charge on any atom is -0.469 e. The van der Waals surface area contributed by atoms with Gasteiger partial charge in [0.1, 0.15) is 0 Å². The van der Waals surface area contributed by atoms with Crippen LogP contribution in [-0.2, 0) is 23.1 Å². The van der Waals surface area contributed by atoms with Gasteiger partial charge in [0.2, 0.25) is 0 Å². The van der Waals surface area contributed by atoms with Gasteiger partial charge in [-0.05, 0) is 28.8 Å². The lowest BCUT2D eigenvalue weighted by atomic mass is 10.0. The van der Waals surface area contributed by atoms with Crippen molar-refractivity contribution in [1.82, 2.24) is 9.13 Å². The molecule has 0 amide bonds. The van der Waals surface area contributed by atoms with Gasteiger partial charge in [-0.15, -0.1) is 0 Å². The molecule has 0 fully saturated rings. The van der Waals surface area contributed by atoms with E-state index >= 15 is 0 Å². The second-order valence-corrected chi connectivity index (χ2v) is 6.14. The van der Waals surface area contributed by atoms with Crippen molar-refractivity contribution in [3.63, 3.8) is 0 Å². The molecule has 0 bridgehead atoms. The van der Waals surface area contributed by atoms with Crippen molar-refractivity contribution in [1.29, 1.82) is 5.26 Å². The van der Waals surface area contributed by atoms with Gasteiger partial charge in [0.15, 0.2) is 0 Å². The number of rotatable bonds is 5. The molecule has 0 saturated carbocycles. The molecule has 0 atom stereocenters. The molecule has 0 spiro atoms. The van der Waals surface area contributed by atoms with Gasteiger partial charge in [0.05, 0.1) is 30.9 Å². The minimum atomic E-state index is -0.348. The second kappa shape index (κ2) is 7.75. The fraction of sp³-hybridized carbons (Fsp3) is 0.190. The second-order valence-electron chi connectivity index (χ2n) is 6.14. The molecule has 0 unspecified atom stereocenters. The normalized spacial score (nSPS) is 10.4. The first-order chi connectivity index (χ1) is 13.0. The zero-order chi connectivity index (χ0) is 19.4. The lowest BCUT2D eigenvalue weighted by molar-refractivity contribution is -0.140. The Bertz CT molecular complexity index is 1050. The van der Waals surface area contributed by atoms with Crippen molar-refractivity contribution in [2.75, 3.05) is 7.11 Å². The first-order valence-electron chi connectivity index (χ1n) is 8.47. The minimum absolute atomic E-state index is 0.150. The van der Waals surface area contributed by atoms with E-state index in [1.54, 1.807) is 29.9 Å². The number of methoxy groups -OCH3 is 1. The SMILES string of the molecule is COC(=O)CCn1cc(-c2ccc(-c3ccc(C#N)cc3)cc2)n(C)c1=O. The maximum Gasteiger partial charge on any atom is 0.328 e. The van der Waals surface area contributed by atoms with Crippen LogP contribution in [-0.4, -0.2) is 22.2 Å². The Morgan fingerprint density at radius 2 is 1.59 bits per heavy atom. The molecule has 0 aliphatic heterocycles. The van der Waals surface area contributed by atoms with E-state index in [2.05, 4.69) is 10.8 Å². The molecular formula is C21H19N3O3. The van der Waals surface area contributed by atoms with Crippen LogP contribution in [0.1, 0.15) is 12.0 Å². The number of aryl methyl sites for hydroxylation is 1. The molecule has 3 aromatic rings. The van der Waals surface area contributed by atoms with Crippen LogP contribution in [0, 0.1) is 11.3 Å². The molecule has 2 aromatic carbocycles. The summed E-state index contributed by atoms with van der Waals surface area (Å²) < 4.78 is 7.70. The molecule has 6 heteroatoms. The van der Waals surface area contributed by atoms with Crippen molar-refractivity contribution in [2.24, 2.45) is 7.05 Å². The first kappa shape index (κ1) is 18.2. The number of ether oxygens (including phenoxy) is 1. The van der Waals surface area contributed by atoms with Gasteiger partial charge >= 0.3 is 11.7 Å². The monoisotopic (exact) mass is 361 g/mol. The van der Waals surface area contributed by atoms with Crippen molar-refractivity contribution in [3.05, 3.63) is 70.8 Å². The Morgan fingerprint density at radius 3 is 2.15 bits per heavy atom. The third-order valence-electron chi connectivity index (χ3n) is 4.48. The number of carbonyl (C=O) groups is 1. The fourth-order valence-electron chi connectivity index (χ4n) is 2.90. The highest BCUT2D eigenvalue weighted by Crippen LogP contribution is 2.24. The van der Waals surface area contributed by atoms with E-state index in [9.17, 15) is 9.59 Å². The summed E-state index contributed by atoms with van der Waals surface area (Å²) in [6.45, 7) is 0.280. The van der Waals surface area contributed by atoms with E-state index in [0.29, 0.717) is 5.56 Å². The van der Waals surface area contributed by atoms with Gasteiger partial charge in [-0.1, -0.05) is 36.4 Å².